The van der Waals surface area contributed by atoms with Crippen molar-refractivity contribution in [3.8, 4) is 11.8 Å². The molecular weight excluding hydrogens is 278 g/mol. The number of aliphatic hydroxyl groups is 2. The molecule has 0 aliphatic carbocycles. The number of ether oxygens (including phenoxy) is 1. The summed E-state index contributed by atoms with van der Waals surface area (Å²) in [6.07, 6.45) is -3.32. The summed E-state index contributed by atoms with van der Waals surface area (Å²) in [5.74, 6) is 5.05. The highest BCUT2D eigenvalue weighted by atomic mass is 16.5. The number of rotatable bonds is 2. The average molecular weight is 295 g/mol. The summed E-state index contributed by atoms with van der Waals surface area (Å²) in [6, 6.07) is 0. The molecule has 2 rings (SSSR count). The lowest BCUT2D eigenvalue weighted by Crippen LogP contribution is -2.55. The van der Waals surface area contributed by atoms with Crippen molar-refractivity contribution >= 4 is 5.95 Å². The lowest BCUT2D eigenvalue weighted by Gasteiger charge is -2.27. The fourth-order valence-corrected chi connectivity index (χ4v) is 2.30. The van der Waals surface area contributed by atoms with Crippen LogP contribution in [0.3, 0.4) is 0 Å². The Bertz CT molecular complexity index is 649. The van der Waals surface area contributed by atoms with E-state index in [2.05, 4.69) is 21.8 Å². The molecule has 0 spiro atoms. The van der Waals surface area contributed by atoms with Crippen LogP contribution in [0.2, 0.25) is 0 Å². The van der Waals surface area contributed by atoms with E-state index in [9.17, 15) is 15.0 Å². The van der Waals surface area contributed by atoms with E-state index in [-0.39, 0.29) is 5.95 Å². The average Bonchev–Trinajstić information content (AvgIpc) is 2.64. The fourth-order valence-electron chi connectivity index (χ4n) is 2.30. The van der Waals surface area contributed by atoms with E-state index in [1.165, 1.54) is 13.8 Å². The molecule has 6 N–H and O–H groups in total. The minimum atomic E-state index is -1.58. The zero-order valence-electron chi connectivity index (χ0n) is 11.6. The molecule has 1 aromatic rings. The van der Waals surface area contributed by atoms with Gasteiger partial charge in [0.05, 0.1) is 6.10 Å². The van der Waals surface area contributed by atoms with Crippen LogP contribution in [0.15, 0.2) is 11.1 Å². The smallest absolute Gasteiger partial charge is 0.354 e. The van der Waals surface area contributed by atoms with Gasteiger partial charge in [-0.05, 0) is 13.8 Å². The highest BCUT2D eigenvalue weighted by Crippen LogP contribution is 2.36. The Morgan fingerprint density at radius 3 is 2.81 bits per heavy atom. The lowest BCUT2D eigenvalue weighted by atomic mass is 9.90. The van der Waals surface area contributed by atoms with E-state index in [4.69, 9.17) is 16.2 Å². The van der Waals surface area contributed by atoms with Gasteiger partial charge in [-0.2, -0.15) is 4.98 Å². The van der Waals surface area contributed by atoms with E-state index in [1.54, 1.807) is 0 Å². The van der Waals surface area contributed by atoms with Gasteiger partial charge >= 0.3 is 5.69 Å². The van der Waals surface area contributed by atoms with Gasteiger partial charge in [0, 0.05) is 0 Å². The monoisotopic (exact) mass is 295 g/mol. The summed E-state index contributed by atoms with van der Waals surface area (Å²) in [7, 11) is 0. The molecule has 0 aromatic carbocycles. The molecule has 0 amide bonds. The second-order valence-electron chi connectivity index (χ2n) is 4.85. The van der Waals surface area contributed by atoms with E-state index < -0.39 is 35.8 Å². The van der Waals surface area contributed by atoms with Gasteiger partial charge in [-0.15, -0.1) is 5.92 Å². The van der Waals surface area contributed by atoms with Crippen molar-refractivity contribution in [2.24, 2.45) is 5.73 Å². The normalized spacial score (nSPS) is 33.3. The summed E-state index contributed by atoms with van der Waals surface area (Å²) in [5, 5.41) is 20.0. The number of nitrogens with zero attached hydrogens (tertiary/aromatic N) is 3. The number of hydrogen-bond acceptors (Lipinski definition) is 8. The molecule has 0 bridgehead atoms. The zero-order valence-corrected chi connectivity index (χ0v) is 11.6. The van der Waals surface area contributed by atoms with Crippen LogP contribution in [-0.4, -0.2) is 48.6 Å². The third-order valence-corrected chi connectivity index (χ3v) is 3.31. The molecule has 114 valence electrons. The summed E-state index contributed by atoms with van der Waals surface area (Å²) >= 11 is 0. The number of hydrogen-bond donors (Lipinski definition) is 4. The van der Waals surface area contributed by atoms with Crippen molar-refractivity contribution < 1.29 is 14.9 Å². The van der Waals surface area contributed by atoms with Crippen LogP contribution in [0, 0.1) is 11.8 Å². The summed E-state index contributed by atoms with van der Waals surface area (Å²) in [4.78, 5) is 19.1. The van der Waals surface area contributed by atoms with Crippen molar-refractivity contribution in [1.29, 1.82) is 0 Å². The van der Waals surface area contributed by atoms with Crippen molar-refractivity contribution in [3.63, 3.8) is 0 Å². The van der Waals surface area contributed by atoms with Crippen LogP contribution < -0.4 is 17.2 Å². The van der Waals surface area contributed by atoms with Gasteiger partial charge in [-0.3, -0.25) is 4.57 Å². The third kappa shape index (κ3) is 2.50. The Labute approximate surface area is 120 Å². The maximum Gasteiger partial charge on any atom is 0.354 e. The van der Waals surface area contributed by atoms with Crippen LogP contribution in [0.1, 0.15) is 20.1 Å². The maximum atomic E-state index is 11.9. The molecule has 5 atom stereocenters. The van der Waals surface area contributed by atoms with Crippen LogP contribution in [0.5, 0.6) is 0 Å². The van der Waals surface area contributed by atoms with E-state index in [1.807, 2.05) is 0 Å². The van der Waals surface area contributed by atoms with Crippen molar-refractivity contribution in [1.82, 2.24) is 14.5 Å². The van der Waals surface area contributed by atoms with Gasteiger partial charge in [0.2, 0.25) is 5.95 Å². The minimum Gasteiger partial charge on any atom is -0.391 e. The summed E-state index contributed by atoms with van der Waals surface area (Å²) < 4.78 is 6.52. The molecule has 1 saturated heterocycles. The van der Waals surface area contributed by atoms with Crippen LogP contribution >= 0.6 is 0 Å². The molecular formula is C12H17N5O4. The first-order valence-electron chi connectivity index (χ1n) is 6.26. The quantitative estimate of drug-likeness (QED) is 0.440. The Hall–Kier alpha value is -1.99. The molecule has 2 heterocycles. The summed E-state index contributed by atoms with van der Waals surface area (Å²) in [6.45, 7) is 2.98. The van der Waals surface area contributed by atoms with E-state index in [0.717, 1.165) is 10.9 Å². The van der Waals surface area contributed by atoms with Gasteiger partial charge in [0.25, 0.3) is 0 Å². The van der Waals surface area contributed by atoms with E-state index in [0.29, 0.717) is 0 Å². The van der Waals surface area contributed by atoms with Crippen molar-refractivity contribution in [3.05, 3.63) is 16.8 Å². The summed E-state index contributed by atoms with van der Waals surface area (Å²) in [5.41, 5.74) is 9.13. The second-order valence-corrected chi connectivity index (χ2v) is 4.85. The van der Waals surface area contributed by atoms with Gasteiger partial charge < -0.3 is 26.4 Å². The standard InChI is InChI=1S/C12H17N5O4/c1-3-4-12(14)8(19)7(6(2)18)21-9(12)17-5-15-10(13)16-11(17)20/h5-9,18-19H,14H2,1-2H3,(H2,13,16,20)/t6-,7+,8?,9+,12+/m0/s1. The topological polar surface area (TPSA) is 150 Å². The SMILES string of the molecule is CC#C[C@@]1(N)C(O)[C@@H]([C@H](C)O)O[C@H]1n1cnc(N)nc1=O. The maximum absolute atomic E-state index is 11.9. The third-order valence-electron chi connectivity index (χ3n) is 3.31. The molecule has 0 radical (unpaired) electrons. The number of aliphatic hydroxyl groups excluding tert-OH is 2. The first-order valence-corrected chi connectivity index (χ1v) is 6.26. The largest absolute Gasteiger partial charge is 0.391 e. The molecule has 9 heteroatoms. The number of nitrogens with two attached hydrogens (primary N) is 2. The predicted molar refractivity (Wildman–Crippen MR) is 72.7 cm³/mol. The Morgan fingerprint density at radius 1 is 1.62 bits per heavy atom. The molecule has 1 aromatic heterocycles. The molecule has 0 saturated carbocycles. The first-order chi connectivity index (χ1) is 9.81. The highest BCUT2D eigenvalue weighted by Gasteiger charge is 2.55. The molecule has 9 nitrogen and oxygen atoms in total. The van der Waals surface area contributed by atoms with Crippen LogP contribution in [-0.2, 0) is 4.74 Å². The zero-order chi connectivity index (χ0) is 15.8. The molecule has 1 unspecified atom stereocenters. The minimum absolute atomic E-state index is 0.189. The fraction of sp³-hybridized carbons (Fsp3) is 0.583. The van der Waals surface area contributed by atoms with Crippen LogP contribution in [0.4, 0.5) is 5.95 Å². The van der Waals surface area contributed by atoms with Gasteiger partial charge in [0.15, 0.2) is 11.8 Å². The Kier molecular flexibility index (Phi) is 3.97. The highest BCUT2D eigenvalue weighted by molar-refractivity contribution is 5.25. The van der Waals surface area contributed by atoms with E-state index >= 15 is 0 Å². The molecule has 1 fully saturated rings. The second kappa shape index (κ2) is 5.42. The van der Waals surface area contributed by atoms with Crippen molar-refractivity contribution in [2.45, 2.75) is 43.9 Å². The lowest BCUT2D eigenvalue weighted by molar-refractivity contribution is -0.0781. The van der Waals surface area contributed by atoms with Crippen molar-refractivity contribution in [2.75, 3.05) is 5.73 Å². The number of nitrogen functional groups attached to an aromatic ring is 1. The van der Waals surface area contributed by atoms with Gasteiger partial charge in [-0.25, -0.2) is 9.78 Å². The first kappa shape index (κ1) is 15.4. The Balaban J connectivity index is 2.54. The van der Waals surface area contributed by atoms with Crippen LogP contribution in [0.25, 0.3) is 0 Å². The predicted octanol–water partition coefficient (Wildman–Crippen LogP) is -2.42. The van der Waals surface area contributed by atoms with Gasteiger partial charge in [-0.1, -0.05) is 5.92 Å². The Morgan fingerprint density at radius 2 is 2.29 bits per heavy atom. The number of anilines is 1. The molecule has 1 aliphatic heterocycles. The molecule has 21 heavy (non-hydrogen) atoms. The number of aromatic nitrogens is 3. The molecule has 1 aliphatic rings. The van der Waals surface area contributed by atoms with Gasteiger partial charge in [0.1, 0.15) is 18.5 Å².